The third-order valence-corrected chi connectivity index (χ3v) is 6.97. The fraction of sp³-hybridized carbons (Fsp3) is 0.200. The fourth-order valence-corrected chi connectivity index (χ4v) is 4.80. The lowest BCUT2D eigenvalue weighted by Crippen LogP contribution is -2.31. The Labute approximate surface area is 204 Å². The third-order valence-electron chi connectivity index (χ3n) is 5.42. The van der Waals surface area contributed by atoms with Gasteiger partial charge in [0, 0.05) is 23.6 Å². The highest BCUT2D eigenvalue weighted by Crippen LogP contribution is 2.41. The standard InChI is InChI=1S/C25H22BrNO5S/c1-15-27-19(13-33-15)16-5-7-18(8-6-16)25(14-28,31-4)23-10-9-20(32-23)17-11-21(29-2)24(26)22(12-17)30-3/h5-14H,1-4H3. The first-order valence-electron chi connectivity index (χ1n) is 10.0. The Bertz CT molecular complexity index is 1260. The molecule has 1 unspecified atom stereocenters. The number of aryl methyl sites for hydroxylation is 1. The Kier molecular flexibility index (Phi) is 6.69. The number of hydrogen-bond donors (Lipinski definition) is 0. The highest BCUT2D eigenvalue weighted by atomic mass is 79.9. The van der Waals surface area contributed by atoms with Crippen LogP contribution in [0.2, 0.25) is 0 Å². The highest BCUT2D eigenvalue weighted by Gasteiger charge is 2.38. The molecule has 33 heavy (non-hydrogen) atoms. The Morgan fingerprint density at radius 3 is 2.18 bits per heavy atom. The SMILES string of the molecule is COc1cc(-c2ccc(C(C=O)(OC)c3ccc(-c4csc(C)n4)cc3)o2)cc(OC)c1Br. The molecule has 0 aliphatic carbocycles. The van der Waals surface area contributed by atoms with Crippen molar-refractivity contribution in [1.29, 1.82) is 0 Å². The van der Waals surface area contributed by atoms with Gasteiger partial charge < -0.3 is 18.6 Å². The van der Waals surface area contributed by atoms with Gasteiger partial charge in [0.05, 0.1) is 24.9 Å². The van der Waals surface area contributed by atoms with Crippen molar-refractivity contribution in [2.45, 2.75) is 12.5 Å². The summed E-state index contributed by atoms with van der Waals surface area (Å²) < 4.78 is 23.4. The van der Waals surface area contributed by atoms with E-state index in [1.54, 1.807) is 37.7 Å². The number of benzene rings is 2. The molecule has 0 saturated carbocycles. The molecule has 0 spiro atoms. The van der Waals surface area contributed by atoms with Crippen molar-refractivity contribution < 1.29 is 23.4 Å². The van der Waals surface area contributed by atoms with Gasteiger partial charge in [-0.3, -0.25) is 4.79 Å². The fourth-order valence-electron chi connectivity index (χ4n) is 3.62. The molecule has 4 rings (SSSR count). The molecular weight excluding hydrogens is 506 g/mol. The molecule has 2 aromatic carbocycles. The number of carbonyl (C=O) groups excluding carboxylic acids is 1. The maximum atomic E-state index is 12.4. The highest BCUT2D eigenvalue weighted by molar-refractivity contribution is 9.10. The molecule has 0 fully saturated rings. The lowest BCUT2D eigenvalue weighted by atomic mass is 9.91. The molecule has 170 valence electrons. The van der Waals surface area contributed by atoms with Gasteiger partial charge in [-0.2, -0.15) is 0 Å². The van der Waals surface area contributed by atoms with E-state index in [2.05, 4.69) is 20.9 Å². The van der Waals surface area contributed by atoms with Crippen LogP contribution in [0.1, 0.15) is 16.3 Å². The average molecular weight is 528 g/mol. The van der Waals surface area contributed by atoms with E-state index >= 15 is 0 Å². The number of thiazole rings is 1. The zero-order chi connectivity index (χ0) is 23.6. The van der Waals surface area contributed by atoms with Crippen LogP contribution in [-0.2, 0) is 15.1 Å². The van der Waals surface area contributed by atoms with E-state index < -0.39 is 5.60 Å². The minimum Gasteiger partial charge on any atom is -0.495 e. The van der Waals surface area contributed by atoms with E-state index in [4.69, 9.17) is 18.6 Å². The van der Waals surface area contributed by atoms with Gasteiger partial charge in [-0.1, -0.05) is 24.3 Å². The van der Waals surface area contributed by atoms with E-state index in [1.165, 1.54) is 7.11 Å². The Morgan fingerprint density at radius 1 is 1.00 bits per heavy atom. The molecule has 6 nitrogen and oxygen atoms in total. The number of nitrogens with zero attached hydrogens (tertiary/aromatic N) is 1. The van der Waals surface area contributed by atoms with Crippen molar-refractivity contribution in [2.24, 2.45) is 0 Å². The molecule has 8 heteroatoms. The summed E-state index contributed by atoms with van der Waals surface area (Å²) in [5.74, 6) is 2.12. The quantitative estimate of drug-likeness (QED) is 0.252. The van der Waals surface area contributed by atoms with Crippen LogP contribution in [-0.4, -0.2) is 32.6 Å². The van der Waals surface area contributed by atoms with Crippen LogP contribution in [0.15, 0.2) is 62.8 Å². The van der Waals surface area contributed by atoms with Crippen LogP contribution >= 0.6 is 27.3 Å². The van der Waals surface area contributed by atoms with Crippen LogP contribution in [0.25, 0.3) is 22.6 Å². The molecule has 0 radical (unpaired) electrons. The van der Waals surface area contributed by atoms with Crippen LogP contribution < -0.4 is 9.47 Å². The first-order valence-corrected chi connectivity index (χ1v) is 11.7. The topological polar surface area (TPSA) is 70.8 Å². The minimum absolute atomic E-state index is 0.369. The van der Waals surface area contributed by atoms with Gasteiger partial charge in [0.15, 0.2) is 6.29 Å². The average Bonchev–Trinajstić information content (AvgIpc) is 3.51. The molecule has 0 aliphatic rings. The predicted molar refractivity (Wildman–Crippen MR) is 131 cm³/mol. The number of halogens is 1. The summed E-state index contributed by atoms with van der Waals surface area (Å²) in [7, 11) is 4.64. The number of rotatable bonds is 8. The van der Waals surface area contributed by atoms with Crippen molar-refractivity contribution in [2.75, 3.05) is 21.3 Å². The van der Waals surface area contributed by atoms with Gasteiger partial charge in [0.25, 0.3) is 0 Å². The lowest BCUT2D eigenvalue weighted by Gasteiger charge is -2.25. The van der Waals surface area contributed by atoms with Crippen molar-refractivity contribution in [3.8, 4) is 34.1 Å². The van der Waals surface area contributed by atoms with E-state index in [0.29, 0.717) is 33.1 Å². The number of methoxy groups -OCH3 is 3. The molecule has 0 amide bonds. The van der Waals surface area contributed by atoms with Crippen molar-refractivity contribution in [3.63, 3.8) is 0 Å². The number of hydrogen-bond acceptors (Lipinski definition) is 7. The zero-order valence-electron chi connectivity index (χ0n) is 18.5. The third kappa shape index (κ3) is 4.21. The summed E-state index contributed by atoms with van der Waals surface area (Å²) >= 11 is 5.07. The van der Waals surface area contributed by atoms with Gasteiger partial charge in [-0.05, 0) is 52.7 Å². The molecule has 4 aromatic rings. The summed E-state index contributed by atoms with van der Waals surface area (Å²) in [4.78, 5) is 16.9. The van der Waals surface area contributed by atoms with Gasteiger partial charge in [-0.25, -0.2) is 4.98 Å². The zero-order valence-corrected chi connectivity index (χ0v) is 21.0. The second-order valence-electron chi connectivity index (χ2n) is 7.25. The Hall–Kier alpha value is -2.94. The van der Waals surface area contributed by atoms with Crippen LogP contribution in [0.5, 0.6) is 11.5 Å². The normalized spacial score (nSPS) is 12.9. The smallest absolute Gasteiger partial charge is 0.205 e. The number of furan rings is 1. The maximum Gasteiger partial charge on any atom is 0.205 e. The summed E-state index contributed by atoms with van der Waals surface area (Å²) in [6.45, 7) is 1.97. The molecule has 0 saturated heterocycles. The largest absolute Gasteiger partial charge is 0.495 e. The van der Waals surface area contributed by atoms with E-state index in [9.17, 15) is 4.79 Å². The van der Waals surface area contributed by atoms with Gasteiger partial charge in [0.1, 0.15) is 27.5 Å². The molecule has 1 atom stereocenters. The van der Waals surface area contributed by atoms with E-state index in [1.807, 2.05) is 48.7 Å². The summed E-state index contributed by atoms with van der Waals surface area (Å²) in [5.41, 5.74) is 1.87. The molecular formula is C25H22BrNO5S. The van der Waals surface area contributed by atoms with Crippen LogP contribution in [0.3, 0.4) is 0 Å². The number of aromatic nitrogens is 1. The number of ether oxygens (including phenoxy) is 3. The van der Waals surface area contributed by atoms with E-state index in [-0.39, 0.29) is 0 Å². The number of aldehydes is 1. The first-order chi connectivity index (χ1) is 15.9. The van der Waals surface area contributed by atoms with Crippen molar-refractivity contribution in [1.82, 2.24) is 4.98 Å². The summed E-state index contributed by atoms with van der Waals surface area (Å²) in [5, 5.41) is 3.00. The second kappa shape index (κ2) is 9.51. The van der Waals surface area contributed by atoms with Crippen LogP contribution in [0.4, 0.5) is 0 Å². The monoisotopic (exact) mass is 527 g/mol. The molecule has 0 bridgehead atoms. The van der Waals surface area contributed by atoms with E-state index in [0.717, 1.165) is 28.1 Å². The molecule has 2 aromatic heterocycles. The van der Waals surface area contributed by atoms with Crippen molar-refractivity contribution in [3.05, 3.63) is 74.7 Å². The summed E-state index contributed by atoms with van der Waals surface area (Å²) in [6.07, 6.45) is 0.750. The molecule has 0 aliphatic heterocycles. The minimum atomic E-state index is -1.39. The molecule has 2 heterocycles. The second-order valence-corrected chi connectivity index (χ2v) is 9.10. The lowest BCUT2D eigenvalue weighted by molar-refractivity contribution is -0.125. The Morgan fingerprint density at radius 2 is 1.67 bits per heavy atom. The predicted octanol–water partition coefficient (Wildman–Crippen LogP) is 6.25. The molecule has 0 N–H and O–H groups in total. The van der Waals surface area contributed by atoms with Gasteiger partial charge >= 0.3 is 0 Å². The maximum absolute atomic E-state index is 12.4. The Balaban J connectivity index is 1.73. The number of carbonyl (C=O) groups is 1. The van der Waals surface area contributed by atoms with Gasteiger partial charge in [0.2, 0.25) is 5.60 Å². The van der Waals surface area contributed by atoms with Crippen LogP contribution in [0, 0.1) is 6.92 Å². The summed E-state index contributed by atoms with van der Waals surface area (Å²) in [6, 6.07) is 14.8. The van der Waals surface area contributed by atoms with Gasteiger partial charge in [-0.15, -0.1) is 11.3 Å². The van der Waals surface area contributed by atoms with Crippen molar-refractivity contribution >= 4 is 33.6 Å². The first kappa shape index (κ1) is 23.2.